The summed E-state index contributed by atoms with van der Waals surface area (Å²) in [6.07, 6.45) is 2.84. The van der Waals surface area contributed by atoms with Gasteiger partial charge in [0.15, 0.2) is 0 Å². The quantitative estimate of drug-likeness (QED) is 0.747. The van der Waals surface area contributed by atoms with Gasteiger partial charge in [-0.25, -0.2) is 4.68 Å². The van der Waals surface area contributed by atoms with E-state index in [2.05, 4.69) is 29.1 Å². The molecule has 0 aromatic carbocycles. The zero-order valence-corrected chi connectivity index (χ0v) is 11.6. The van der Waals surface area contributed by atoms with Crippen molar-refractivity contribution in [3.05, 3.63) is 6.20 Å². The van der Waals surface area contributed by atoms with Gasteiger partial charge in [0, 0.05) is 25.6 Å². The standard InChI is InChI=1S/C11H21N5S/c1-4-6-16-10(7-13-14-16)15(5-2)8-9(3)11(12)17/h7,9H,4-6,8H2,1-3H3,(H2,12,17). The van der Waals surface area contributed by atoms with E-state index in [1.807, 2.05) is 11.6 Å². The van der Waals surface area contributed by atoms with Gasteiger partial charge in [-0.1, -0.05) is 31.3 Å². The van der Waals surface area contributed by atoms with Crippen molar-refractivity contribution in [2.24, 2.45) is 11.7 Å². The smallest absolute Gasteiger partial charge is 0.147 e. The summed E-state index contributed by atoms with van der Waals surface area (Å²) in [6, 6.07) is 0. The molecule has 2 N–H and O–H groups in total. The Bertz CT molecular complexity index is 362. The van der Waals surface area contributed by atoms with E-state index >= 15 is 0 Å². The van der Waals surface area contributed by atoms with Gasteiger partial charge in [-0.05, 0) is 13.3 Å². The highest BCUT2D eigenvalue weighted by Gasteiger charge is 2.15. The van der Waals surface area contributed by atoms with Crippen molar-refractivity contribution in [3.63, 3.8) is 0 Å². The third kappa shape index (κ3) is 3.66. The lowest BCUT2D eigenvalue weighted by Gasteiger charge is -2.25. The molecule has 0 saturated carbocycles. The van der Waals surface area contributed by atoms with Crippen LogP contribution in [0, 0.1) is 5.92 Å². The summed E-state index contributed by atoms with van der Waals surface area (Å²) in [6.45, 7) is 8.86. The second-order valence-electron chi connectivity index (χ2n) is 4.16. The number of thiocarbonyl (C=S) groups is 1. The molecule has 5 nitrogen and oxygen atoms in total. The Balaban J connectivity index is 2.78. The maximum absolute atomic E-state index is 5.66. The fraction of sp³-hybridized carbons (Fsp3) is 0.727. The Kier molecular flexibility index (Phi) is 5.34. The zero-order valence-electron chi connectivity index (χ0n) is 10.8. The first kappa shape index (κ1) is 13.9. The van der Waals surface area contributed by atoms with E-state index in [0.717, 1.165) is 31.9 Å². The third-order valence-corrected chi connectivity index (χ3v) is 3.12. The Morgan fingerprint density at radius 2 is 2.29 bits per heavy atom. The molecular formula is C11H21N5S. The molecule has 0 spiro atoms. The minimum atomic E-state index is 0.190. The van der Waals surface area contributed by atoms with Gasteiger partial charge in [0.25, 0.3) is 0 Å². The first-order chi connectivity index (χ1) is 8.10. The highest BCUT2D eigenvalue weighted by molar-refractivity contribution is 7.80. The molecule has 17 heavy (non-hydrogen) atoms. The number of nitrogens with zero attached hydrogens (tertiary/aromatic N) is 4. The summed E-state index contributed by atoms with van der Waals surface area (Å²) >= 11 is 5.01. The molecule has 1 aromatic rings. The van der Waals surface area contributed by atoms with Crippen LogP contribution in [0.4, 0.5) is 5.82 Å². The highest BCUT2D eigenvalue weighted by Crippen LogP contribution is 2.14. The van der Waals surface area contributed by atoms with Crippen molar-refractivity contribution in [1.82, 2.24) is 15.0 Å². The Morgan fingerprint density at radius 3 is 2.82 bits per heavy atom. The number of rotatable bonds is 7. The lowest BCUT2D eigenvalue weighted by Crippen LogP contribution is -2.35. The van der Waals surface area contributed by atoms with Gasteiger partial charge in [0.05, 0.1) is 11.2 Å². The number of nitrogens with two attached hydrogens (primary N) is 1. The summed E-state index contributed by atoms with van der Waals surface area (Å²) in [5.74, 6) is 1.23. The maximum atomic E-state index is 5.66. The van der Waals surface area contributed by atoms with E-state index in [1.165, 1.54) is 0 Å². The van der Waals surface area contributed by atoms with E-state index in [9.17, 15) is 0 Å². The van der Waals surface area contributed by atoms with Crippen molar-refractivity contribution in [2.75, 3.05) is 18.0 Å². The predicted octanol–water partition coefficient (Wildman–Crippen LogP) is 1.44. The van der Waals surface area contributed by atoms with Gasteiger partial charge in [-0.15, -0.1) is 5.10 Å². The van der Waals surface area contributed by atoms with Crippen molar-refractivity contribution in [1.29, 1.82) is 0 Å². The third-order valence-electron chi connectivity index (χ3n) is 2.72. The molecule has 1 heterocycles. The van der Waals surface area contributed by atoms with E-state index in [0.29, 0.717) is 4.99 Å². The normalized spacial score (nSPS) is 12.4. The average molecular weight is 255 g/mol. The van der Waals surface area contributed by atoms with Gasteiger partial charge in [0.2, 0.25) is 0 Å². The van der Waals surface area contributed by atoms with Gasteiger partial charge in [-0.3, -0.25) is 0 Å². The highest BCUT2D eigenvalue weighted by atomic mass is 32.1. The maximum Gasteiger partial charge on any atom is 0.147 e. The number of aryl methyl sites for hydroxylation is 1. The molecule has 0 amide bonds. The number of hydrogen-bond acceptors (Lipinski definition) is 4. The second-order valence-corrected chi connectivity index (χ2v) is 4.63. The molecule has 0 aliphatic carbocycles. The molecule has 1 atom stereocenters. The molecule has 1 unspecified atom stereocenters. The van der Waals surface area contributed by atoms with Crippen LogP contribution >= 0.6 is 12.2 Å². The van der Waals surface area contributed by atoms with Crippen molar-refractivity contribution < 1.29 is 0 Å². The number of hydrogen-bond donors (Lipinski definition) is 1. The molecule has 0 saturated heterocycles. The largest absolute Gasteiger partial charge is 0.393 e. The molecule has 6 heteroatoms. The van der Waals surface area contributed by atoms with Gasteiger partial charge in [-0.2, -0.15) is 0 Å². The Labute approximate surface area is 108 Å². The lowest BCUT2D eigenvalue weighted by molar-refractivity contribution is 0.563. The van der Waals surface area contributed by atoms with E-state index in [-0.39, 0.29) is 5.92 Å². The van der Waals surface area contributed by atoms with E-state index in [1.54, 1.807) is 6.20 Å². The molecular weight excluding hydrogens is 234 g/mol. The predicted molar refractivity (Wildman–Crippen MR) is 74.1 cm³/mol. The molecule has 0 fully saturated rings. The van der Waals surface area contributed by atoms with Crippen LogP contribution in [-0.2, 0) is 6.54 Å². The zero-order chi connectivity index (χ0) is 12.8. The molecule has 0 bridgehead atoms. The van der Waals surface area contributed by atoms with Crippen LogP contribution < -0.4 is 10.6 Å². The SMILES string of the molecule is CCCn1nncc1N(CC)CC(C)C(N)=S. The summed E-state index contributed by atoms with van der Waals surface area (Å²) in [4.78, 5) is 2.76. The van der Waals surface area contributed by atoms with Gasteiger partial charge >= 0.3 is 0 Å². The topological polar surface area (TPSA) is 60.0 Å². The molecule has 0 radical (unpaired) electrons. The minimum Gasteiger partial charge on any atom is -0.393 e. The average Bonchev–Trinajstić information content (AvgIpc) is 2.74. The monoisotopic (exact) mass is 255 g/mol. The van der Waals surface area contributed by atoms with Crippen LogP contribution in [0.5, 0.6) is 0 Å². The molecule has 1 rings (SSSR count). The van der Waals surface area contributed by atoms with Gasteiger partial charge < -0.3 is 10.6 Å². The fourth-order valence-electron chi connectivity index (χ4n) is 1.67. The van der Waals surface area contributed by atoms with Gasteiger partial charge in [0.1, 0.15) is 5.82 Å². The van der Waals surface area contributed by atoms with Crippen LogP contribution in [0.1, 0.15) is 27.2 Å². The van der Waals surface area contributed by atoms with Crippen molar-refractivity contribution >= 4 is 23.0 Å². The summed E-state index contributed by atoms with van der Waals surface area (Å²) in [5, 5.41) is 8.06. The fourth-order valence-corrected chi connectivity index (χ4v) is 1.75. The molecule has 96 valence electrons. The van der Waals surface area contributed by atoms with E-state index in [4.69, 9.17) is 18.0 Å². The van der Waals surface area contributed by atoms with Crippen molar-refractivity contribution in [3.8, 4) is 0 Å². The molecule has 0 aliphatic rings. The van der Waals surface area contributed by atoms with Crippen molar-refractivity contribution in [2.45, 2.75) is 33.7 Å². The Morgan fingerprint density at radius 1 is 1.59 bits per heavy atom. The van der Waals surface area contributed by atoms with E-state index < -0.39 is 0 Å². The summed E-state index contributed by atoms with van der Waals surface area (Å²) < 4.78 is 1.93. The summed E-state index contributed by atoms with van der Waals surface area (Å²) in [7, 11) is 0. The van der Waals surface area contributed by atoms with Crippen LogP contribution in [0.25, 0.3) is 0 Å². The lowest BCUT2D eigenvalue weighted by atomic mass is 10.1. The Hall–Kier alpha value is -1.17. The van der Waals surface area contributed by atoms with Crippen LogP contribution in [0.3, 0.4) is 0 Å². The summed E-state index contributed by atoms with van der Waals surface area (Å²) in [5.41, 5.74) is 5.66. The number of anilines is 1. The number of aromatic nitrogens is 3. The minimum absolute atomic E-state index is 0.190. The van der Waals surface area contributed by atoms with Crippen LogP contribution in [0.2, 0.25) is 0 Å². The first-order valence-corrected chi connectivity index (χ1v) is 6.43. The van der Waals surface area contributed by atoms with Crippen LogP contribution in [0.15, 0.2) is 6.20 Å². The second kappa shape index (κ2) is 6.54. The van der Waals surface area contributed by atoms with Crippen LogP contribution in [-0.4, -0.2) is 33.1 Å². The first-order valence-electron chi connectivity index (χ1n) is 6.02. The molecule has 1 aromatic heterocycles. The molecule has 0 aliphatic heterocycles.